The van der Waals surface area contributed by atoms with Crippen molar-refractivity contribution in [2.75, 3.05) is 10.8 Å². The van der Waals surface area contributed by atoms with Gasteiger partial charge in [0, 0.05) is 12.1 Å². The summed E-state index contributed by atoms with van der Waals surface area (Å²) in [5, 5.41) is 3.10. The second-order valence-corrected chi connectivity index (χ2v) is 13.0. The zero-order valence-corrected chi connectivity index (χ0v) is 24.8. The number of anilines is 1. The maximum atomic E-state index is 13.9. The predicted octanol–water partition coefficient (Wildman–Crippen LogP) is 5.48. The lowest BCUT2D eigenvalue weighted by molar-refractivity contribution is -0.140. The number of nitrogens with zero attached hydrogens (tertiary/aromatic N) is 2. The van der Waals surface area contributed by atoms with Gasteiger partial charge in [-0.25, -0.2) is 8.42 Å². The molecule has 3 aromatic carbocycles. The molecule has 3 rings (SSSR count). The summed E-state index contributed by atoms with van der Waals surface area (Å²) in [5.74, 6) is -0.878. The third kappa shape index (κ3) is 7.83. The van der Waals surface area contributed by atoms with Crippen LogP contribution in [0.15, 0.2) is 77.7 Å². The summed E-state index contributed by atoms with van der Waals surface area (Å²) in [7, 11) is -4.17. The van der Waals surface area contributed by atoms with Gasteiger partial charge < -0.3 is 10.2 Å². The quantitative estimate of drug-likeness (QED) is 0.369. The summed E-state index contributed by atoms with van der Waals surface area (Å²) in [6.07, 6.45) is 0. The van der Waals surface area contributed by atoms with Crippen LogP contribution in [0, 0.1) is 13.8 Å². The largest absolute Gasteiger partial charge is 0.350 e. The van der Waals surface area contributed by atoms with Gasteiger partial charge in [0.25, 0.3) is 10.0 Å². The topological polar surface area (TPSA) is 86.8 Å². The molecule has 7 nitrogen and oxygen atoms in total. The number of hydrogen-bond donors (Lipinski definition) is 1. The van der Waals surface area contributed by atoms with Gasteiger partial charge >= 0.3 is 0 Å². The van der Waals surface area contributed by atoms with Crippen molar-refractivity contribution in [1.29, 1.82) is 0 Å². The van der Waals surface area contributed by atoms with Crippen LogP contribution < -0.4 is 9.62 Å². The summed E-state index contributed by atoms with van der Waals surface area (Å²) in [5.41, 5.74) is 2.44. The first-order valence-electron chi connectivity index (χ1n) is 12.7. The van der Waals surface area contributed by atoms with Gasteiger partial charge in [0.05, 0.1) is 15.6 Å². The fraction of sp³-hybridized carbons (Fsp3) is 0.333. The number of carbonyl (C=O) groups excluding carboxylic acids is 2. The van der Waals surface area contributed by atoms with Crippen molar-refractivity contribution in [3.8, 4) is 0 Å². The van der Waals surface area contributed by atoms with Crippen LogP contribution in [0.2, 0.25) is 5.02 Å². The van der Waals surface area contributed by atoms with Gasteiger partial charge in [0.2, 0.25) is 11.8 Å². The van der Waals surface area contributed by atoms with E-state index in [0.29, 0.717) is 0 Å². The van der Waals surface area contributed by atoms with E-state index < -0.39 is 34.1 Å². The third-order valence-corrected chi connectivity index (χ3v) is 8.24. The highest BCUT2D eigenvalue weighted by Gasteiger charge is 2.34. The van der Waals surface area contributed by atoms with Gasteiger partial charge in [-0.2, -0.15) is 0 Å². The molecule has 1 N–H and O–H groups in total. The van der Waals surface area contributed by atoms with Crippen LogP contribution in [-0.2, 0) is 26.2 Å². The Balaban J connectivity index is 2.04. The smallest absolute Gasteiger partial charge is 0.264 e. The Kier molecular flexibility index (Phi) is 9.46. The molecule has 1 unspecified atom stereocenters. The maximum absolute atomic E-state index is 13.9. The lowest BCUT2D eigenvalue weighted by atomic mass is 10.1. The summed E-state index contributed by atoms with van der Waals surface area (Å²) in [4.78, 5) is 28.5. The van der Waals surface area contributed by atoms with E-state index in [0.717, 1.165) is 21.0 Å². The van der Waals surface area contributed by atoms with Gasteiger partial charge in [-0.15, -0.1) is 0 Å². The molecule has 0 aliphatic heterocycles. The lowest BCUT2D eigenvalue weighted by Gasteiger charge is -2.33. The van der Waals surface area contributed by atoms with E-state index in [1.165, 1.54) is 17.0 Å². The van der Waals surface area contributed by atoms with Crippen molar-refractivity contribution in [3.05, 3.63) is 94.5 Å². The molecule has 0 radical (unpaired) electrons. The van der Waals surface area contributed by atoms with Gasteiger partial charge in [-0.1, -0.05) is 71.3 Å². The second-order valence-electron chi connectivity index (χ2n) is 10.7. The summed E-state index contributed by atoms with van der Waals surface area (Å²) in [6, 6.07) is 19.6. The van der Waals surface area contributed by atoms with Crippen LogP contribution >= 0.6 is 11.6 Å². The number of rotatable bonds is 9. The predicted molar refractivity (Wildman–Crippen MR) is 156 cm³/mol. The fourth-order valence-electron chi connectivity index (χ4n) is 3.95. The SMILES string of the molecule is Cc1ccc(CN(C(=O)CN(c2ccccc2Cl)S(=O)(=O)c2ccc(C)cc2)C(C)C(=O)NC(C)(C)C)cc1. The Hall–Kier alpha value is -3.36. The molecule has 0 spiro atoms. The molecule has 0 bridgehead atoms. The van der Waals surface area contributed by atoms with E-state index in [2.05, 4.69) is 5.32 Å². The Bertz CT molecular complexity index is 1420. The molecule has 208 valence electrons. The molecule has 0 fully saturated rings. The Morgan fingerprint density at radius 1 is 0.897 bits per heavy atom. The van der Waals surface area contributed by atoms with Crippen molar-refractivity contribution < 1.29 is 18.0 Å². The molecular weight excluding hydrogens is 534 g/mol. The van der Waals surface area contributed by atoms with Crippen molar-refractivity contribution in [3.63, 3.8) is 0 Å². The van der Waals surface area contributed by atoms with Crippen molar-refractivity contribution in [2.24, 2.45) is 0 Å². The summed E-state index contributed by atoms with van der Waals surface area (Å²) in [6.45, 7) is 10.6. The van der Waals surface area contributed by atoms with E-state index in [1.807, 2.05) is 58.9 Å². The third-order valence-electron chi connectivity index (χ3n) is 6.15. The number of aryl methyl sites for hydroxylation is 2. The molecule has 3 aromatic rings. The van der Waals surface area contributed by atoms with E-state index in [1.54, 1.807) is 43.3 Å². The molecule has 0 saturated carbocycles. The maximum Gasteiger partial charge on any atom is 0.264 e. The van der Waals surface area contributed by atoms with Crippen LogP contribution in [0.4, 0.5) is 5.69 Å². The fourth-order valence-corrected chi connectivity index (χ4v) is 5.67. The van der Waals surface area contributed by atoms with Crippen LogP contribution in [0.5, 0.6) is 0 Å². The minimum Gasteiger partial charge on any atom is -0.350 e. The number of sulfonamides is 1. The highest BCUT2D eigenvalue weighted by molar-refractivity contribution is 7.92. The number of nitrogens with one attached hydrogen (secondary N) is 1. The van der Waals surface area contributed by atoms with E-state index in [4.69, 9.17) is 11.6 Å². The number of carbonyl (C=O) groups is 2. The Labute approximate surface area is 236 Å². The van der Waals surface area contributed by atoms with Gasteiger partial charge in [0.15, 0.2) is 0 Å². The summed E-state index contributed by atoms with van der Waals surface area (Å²) >= 11 is 6.44. The number of benzene rings is 3. The number of amides is 2. The minimum atomic E-state index is -4.17. The molecular formula is C30H36ClN3O4S. The monoisotopic (exact) mass is 569 g/mol. The first kappa shape index (κ1) is 30.2. The highest BCUT2D eigenvalue weighted by atomic mass is 35.5. The molecule has 0 heterocycles. The Morgan fingerprint density at radius 3 is 1.97 bits per heavy atom. The molecule has 1 atom stereocenters. The number of para-hydroxylation sites is 1. The van der Waals surface area contributed by atoms with Crippen LogP contribution in [0.25, 0.3) is 0 Å². The first-order valence-corrected chi connectivity index (χ1v) is 14.5. The summed E-state index contributed by atoms with van der Waals surface area (Å²) < 4.78 is 28.7. The molecule has 0 aliphatic rings. The average molecular weight is 570 g/mol. The van der Waals surface area contributed by atoms with Crippen LogP contribution in [0.1, 0.15) is 44.4 Å². The van der Waals surface area contributed by atoms with Crippen LogP contribution in [-0.4, -0.2) is 43.3 Å². The molecule has 0 aromatic heterocycles. The normalized spacial score (nSPS) is 12.5. The number of hydrogen-bond acceptors (Lipinski definition) is 4. The van der Waals surface area contributed by atoms with E-state index in [-0.39, 0.29) is 28.1 Å². The van der Waals surface area contributed by atoms with Gasteiger partial charge in [-0.3, -0.25) is 13.9 Å². The highest BCUT2D eigenvalue weighted by Crippen LogP contribution is 2.31. The van der Waals surface area contributed by atoms with Crippen LogP contribution in [0.3, 0.4) is 0 Å². The van der Waals surface area contributed by atoms with Gasteiger partial charge in [0.1, 0.15) is 12.6 Å². The van der Waals surface area contributed by atoms with Crippen molar-refractivity contribution in [2.45, 2.75) is 64.6 Å². The lowest BCUT2D eigenvalue weighted by Crippen LogP contribution is -2.54. The number of halogens is 1. The molecule has 39 heavy (non-hydrogen) atoms. The molecule has 9 heteroatoms. The van der Waals surface area contributed by atoms with Gasteiger partial charge in [-0.05, 0) is 71.4 Å². The standard InChI is InChI=1S/C30H36ClN3O4S/c1-21-11-15-24(16-12-21)19-33(23(3)29(36)32-30(4,5)6)28(35)20-34(27-10-8-7-9-26(27)31)39(37,38)25-17-13-22(2)14-18-25/h7-18,23H,19-20H2,1-6H3,(H,32,36). The minimum absolute atomic E-state index is 0.0319. The second kappa shape index (κ2) is 12.2. The molecule has 0 aliphatic carbocycles. The zero-order chi connectivity index (χ0) is 29.0. The zero-order valence-electron chi connectivity index (χ0n) is 23.2. The van der Waals surface area contributed by atoms with E-state index >= 15 is 0 Å². The van der Waals surface area contributed by atoms with Crippen molar-refractivity contribution >= 4 is 39.1 Å². The van der Waals surface area contributed by atoms with Crippen molar-refractivity contribution in [1.82, 2.24) is 10.2 Å². The van der Waals surface area contributed by atoms with E-state index in [9.17, 15) is 18.0 Å². The Morgan fingerprint density at radius 2 is 1.44 bits per heavy atom. The first-order chi connectivity index (χ1) is 18.2. The average Bonchev–Trinajstić information content (AvgIpc) is 2.86. The molecule has 2 amide bonds. The molecule has 0 saturated heterocycles.